The third-order valence-electron chi connectivity index (χ3n) is 4.16. The molecule has 1 N–H and O–H groups in total. The van der Waals surface area contributed by atoms with Gasteiger partial charge in [-0.15, -0.1) is 0 Å². The first-order valence-corrected chi connectivity index (χ1v) is 8.48. The smallest absolute Gasteiger partial charge is 0.255 e. The van der Waals surface area contributed by atoms with Crippen LogP contribution in [0.5, 0.6) is 5.75 Å². The van der Waals surface area contributed by atoms with Crippen LogP contribution in [-0.4, -0.2) is 11.1 Å². The molecule has 3 aromatic rings. The molecule has 1 amide bonds. The Morgan fingerprint density at radius 2 is 2.00 bits per heavy atom. The van der Waals surface area contributed by atoms with E-state index in [-0.39, 0.29) is 5.91 Å². The Morgan fingerprint density at radius 3 is 2.67 bits per heavy atom. The van der Waals surface area contributed by atoms with Gasteiger partial charge < -0.3 is 14.6 Å². The number of hydrogen-bond acceptors (Lipinski definition) is 5. The number of amides is 1. The molecule has 0 atom stereocenters. The van der Waals surface area contributed by atoms with Crippen LogP contribution in [-0.2, 0) is 13.0 Å². The number of aryl methyl sites for hydroxylation is 2. The van der Waals surface area contributed by atoms with E-state index in [9.17, 15) is 4.79 Å². The predicted octanol–water partition coefficient (Wildman–Crippen LogP) is 4.19. The van der Waals surface area contributed by atoms with Crippen LogP contribution in [0.15, 0.2) is 53.1 Å². The summed E-state index contributed by atoms with van der Waals surface area (Å²) in [6.07, 6.45) is 0.346. The van der Waals surface area contributed by atoms with Crippen molar-refractivity contribution in [1.29, 1.82) is 5.26 Å². The second-order valence-electron chi connectivity index (χ2n) is 6.11. The maximum Gasteiger partial charge on any atom is 0.255 e. The summed E-state index contributed by atoms with van der Waals surface area (Å²) in [6.45, 7) is 4.03. The summed E-state index contributed by atoms with van der Waals surface area (Å²) in [7, 11) is 0. The topological polar surface area (TPSA) is 88.2 Å². The molecule has 0 saturated heterocycles. The van der Waals surface area contributed by atoms with Gasteiger partial charge in [-0.1, -0.05) is 23.4 Å². The van der Waals surface area contributed by atoms with Gasteiger partial charge in [0.2, 0.25) is 0 Å². The maximum absolute atomic E-state index is 12.5. The van der Waals surface area contributed by atoms with E-state index in [1.165, 1.54) is 0 Å². The van der Waals surface area contributed by atoms with Crippen LogP contribution in [0.4, 0.5) is 5.69 Å². The normalized spacial score (nSPS) is 10.3. The molecule has 0 unspecified atom stereocenters. The van der Waals surface area contributed by atoms with Crippen molar-refractivity contribution in [2.75, 3.05) is 5.32 Å². The van der Waals surface area contributed by atoms with E-state index < -0.39 is 0 Å². The van der Waals surface area contributed by atoms with Gasteiger partial charge in [-0.2, -0.15) is 5.26 Å². The molecule has 0 radical (unpaired) electrons. The summed E-state index contributed by atoms with van der Waals surface area (Å²) in [5.74, 6) is 1.08. The highest BCUT2D eigenvalue weighted by Gasteiger charge is 2.11. The number of carbonyl (C=O) groups is 1. The number of ether oxygens (including phenoxy) is 1. The number of anilines is 1. The van der Waals surface area contributed by atoms with Crippen molar-refractivity contribution in [1.82, 2.24) is 5.16 Å². The van der Waals surface area contributed by atoms with Crippen molar-refractivity contribution in [2.45, 2.75) is 26.9 Å². The molecular formula is C21H19N3O3. The lowest BCUT2D eigenvalue weighted by molar-refractivity contribution is 0.102. The van der Waals surface area contributed by atoms with Crippen LogP contribution in [0.1, 0.15) is 32.9 Å². The molecule has 2 aromatic carbocycles. The minimum atomic E-state index is -0.231. The Hall–Kier alpha value is -3.59. The number of nitriles is 1. The third kappa shape index (κ3) is 4.53. The Bertz CT molecular complexity index is 965. The lowest BCUT2D eigenvalue weighted by Crippen LogP contribution is -2.12. The second kappa shape index (κ2) is 8.19. The Balaban J connectivity index is 1.65. The number of carbonyl (C=O) groups excluding carboxylic acids is 1. The molecule has 0 spiro atoms. The number of nitrogens with zero attached hydrogens (tertiary/aromatic N) is 2. The first-order chi connectivity index (χ1) is 13.1. The predicted molar refractivity (Wildman–Crippen MR) is 100 cm³/mol. The molecule has 3 rings (SSSR count). The highest BCUT2D eigenvalue weighted by Crippen LogP contribution is 2.19. The number of rotatable bonds is 6. The SMILES string of the molecule is Cc1noc(C)c1COc1cccc(C(=O)Nc2ccc(CC#N)cc2)c1. The van der Waals surface area contributed by atoms with E-state index in [1.807, 2.05) is 26.0 Å². The van der Waals surface area contributed by atoms with Crippen LogP contribution >= 0.6 is 0 Å². The summed E-state index contributed by atoms with van der Waals surface area (Å²) in [5.41, 5.74) is 3.77. The maximum atomic E-state index is 12.5. The zero-order chi connectivity index (χ0) is 19.2. The van der Waals surface area contributed by atoms with Crippen molar-refractivity contribution in [2.24, 2.45) is 0 Å². The lowest BCUT2D eigenvalue weighted by atomic mass is 10.1. The molecule has 0 bridgehead atoms. The van der Waals surface area contributed by atoms with E-state index in [0.29, 0.717) is 30.0 Å². The lowest BCUT2D eigenvalue weighted by Gasteiger charge is -2.09. The molecular weight excluding hydrogens is 342 g/mol. The number of aromatic nitrogens is 1. The Labute approximate surface area is 157 Å². The Kier molecular flexibility index (Phi) is 5.53. The fourth-order valence-electron chi connectivity index (χ4n) is 2.59. The van der Waals surface area contributed by atoms with Crippen LogP contribution in [0.2, 0.25) is 0 Å². The van der Waals surface area contributed by atoms with Gasteiger partial charge >= 0.3 is 0 Å². The van der Waals surface area contributed by atoms with Crippen LogP contribution in [0.3, 0.4) is 0 Å². The quantitative estimate of drug-likeness (QED) is 0.711. The third-order valence-corrected chi connectivity index (χ3v) is 4.16. The van der Waals surface area contributed by atoms with Gasteiger partial charge in [0.05, 0.1) is 23.7 Å². The average Bonchev–Trinajstić information content (AvgIpc) is 3.00. The van der Waals surface area contributed by atoms with Gasteiger partial charge in [0.15, 0.2) is 0 Å². The molecule has 0 aliphatic carbocycles. The van der Waals surface area contributed by atoms with Gasteiger partial charge in [-0.05, 0) is 49.7 Å². The minimum Gasteiger partial charge on any atom is -0.489 e. The van der Waals surface area contributed by atoms with E-state index in [1.54, 1.807) is 36.4 Å². The summed E-state index contributed by atoms with van der Waals surface area (Å²) < 4.78 is 10.9. The van der Waals surface area contributed by atoms with Crippen LogP contribution < -0.4 is 10.1 Å². The molecule has 0 aliphatic rings. The van der Waals surface area contributed by atoms with Gasteiger partial charge in [-0.3, -0.25) is 4.79 Å². The highest BCUT2D eigenvalue weighted by atomic mass is 16.5. The van der Waals surface area contributed by atoms with E-state index in [2.05, 4.69) is 16.5 Å². The molecule has 6 heteroatoms. The van der Waals surface area contributed by atoms with Crippen molar-refractivity contribution in [3.8, 4) is 11.8 Å². The minimum absolute atomic E-state index is 0.231. The summed E-state index contributed by atoms with van der Waals surface area (Å²) in [5, 5.41) is 15.4. The fourth-order valence-corrected chi connectivity index (χ4v) is 2.59. The van der Waals surface area contributed by atoms with Crippen LogP contribution in [0.25, 0.3) is 0 Å². The zero-order valence-electron chi connectivity index (χ0n) is 15.2. The van der Waals surface area contributed by atoms with Gasteiger partial charge in [0, 0.05) is 11.3 Å². The monoisotopic (exact) mass is 361 g/mol. The zero-order valence-corrected chi connectivity index (χ0v) is 15.2. The Morgan fingerprint density at radius 1 is 1.22 bits per heavy atom. The fraction of sp³-hybridized carbons (Fsp3) is 0.190. The molecule has 0 fully saturated rings. The van der Waals surface area contributed by atoms with Crippen molar-refractivity contribution < 1.29 is 14.1 Å². The van der Waals surface area contributed by atoms with Crippen molar-refractivity contribution >= 4 is 11.6 Å². The summed E-state index contributed by atoms with van der Waals surface area (Å²) in [4.78, 5) is 12.5. The number of nitrogens with one attached hydrogen (secondary N) is 1. The summed E-state index contributed by atoms with van der Waals surface area (Å²) >= 11 is 0. The first kappa shape index (κ1) is 18.2. The molecule has 27 heavy (non-hydrogen) atoms. The highest BCUT2D eigenvalue weighted by molar-refractivity contribution is 6.04. The van der Waals surface area contributed by atoms with E-state index in [0.717, 1.165) is 22.6 Å². The molecule has 0 aliphatic heterocycles. The number of benzene rings is 2. The number of hydrogen-bond donors (Lipinski definition) is 1. The largest absolute Gasteiger partial charge is 0.489 e. The van der Waals surface area contributed by atoms with E-state index >= 15 is 0 Å². The van der Waals surface area contributed by atoms with Crippen molar-refractivity contribution in [3.05, 3.63) is 76.7 Å². The molecule has 0 saturated carbocycles. The van der Waals surface area contributed by atoms with Crippen molar-refractivity contribution in [3.63, 3.8) is 0 Å². The average molecular weight is 361 g/mol. The molecule has 136 valence electrons. The second-order valence-corrected chi connectivity index (χ2v) is 6.11. The first-order valence-electron chi connectivity index (χ1n) is 8.48. The molecule has 1 heterocycles. The van der Waals surface area contributed by atoms with Gasteiger partial charge in [0.1, 0.15) is 18.1 Å². The van der Waals surface area contributed by atoms with Gasteiger partial charge in [0.25, 0.3) is 5.91 Å². The summed E-state index contributed by atoms with van der Waals surface area (Å²) in [6, 6.07) is 16.3. The van der Waals surface area contributed by atoms with E-state index in [4.69, 9.17) is 14.5 Å². The molecule has 6 nitrogen and oxygen atoms in total. The van der Waals surface area contributed by atoms with Gasteiger partial charge in [-0.25, -0.2) is 0 Å². The molecule has 1 aromatic heterocycles. The van der Waals surface area contributed by atoms with Crippen LogP contribution in [0, 0.1) is 25.2 Å². The standard InChI is InChI=1S/C21H19N3O3/c1-14-20(15(2)27-24-14)13-26-19-5-3-4-17(12-19)21(25)23-18-8-6-16(7-9-18)10-11-22/h3-9,12H,10,13H2,1-2H3,(H,23,25).